The van der Waals surface area contributed by atoms with E-state index in [0.29, 0.717) is 0 Å². The summed E-state index contributed by atoms with van der Waals surface area (Å²) >= 11 is 1.03. The first-order chi connectivity index (χ1) is 5.44. The Morgan fingerprint density at radius 2 is 1.75 bits per heavy atom. The van der Waals surface area contributed by atoms with E-state index in [1.807, 2.05) is 0 Å². The molecule has 1 N–H and O–H groups in total. The van der Waals surface area contributed by atoms with E-state index < -0.39 is 4.75 Å². The van der Waals surface area contributed by atoms with Crippen LogP contribution in [0.4, 0.5) is 4.79 Å². The average molecular weight is 189 g/mol. The largest absolute Gasteiger partial charge is 0.286 e. The molecule has 1 heterocycles. The van der Waals surface area contributed by atoms with E-state index >= 15 is 0 Å². The van der Waals surface area contributed by atoms with Gasteiger partial charge in [-0.25, -0.2) is 0 Å². The third kappa shape index (κ3) is 3.26. The Morgan fingerprint density at radius 1 is 1.33 bits per heavy atom. The molecule has 0 radical (unpaired) electrons. The second-order valence-electron chi connectivity index (χ2n) is 3.06. The molecule has 1 rings (SSSR count). The molecular formula is C8H15NO2S. The van der Waals surface area contributed by atoms with Gasteiger partial charge in [0.05, 0.1) is 4.75 Å². The van der Waals surface area contributed by atoms with E-state index in [9.17, 15) is 9.59 Å². The Kier molecular flexibility index (Phi) is 4.31. The third-order valence-corrected chi connectivity index (χ3v) is 2.09. The lowest BCUT2D eigenvalue weighted by molar-refractivity contribution is -0.120. The molecule has 70 valence electrons. The number of carbonyl (C=O) groups is 2. The molecule has 2 amide bonds. The zero-order valence-electron chi connectivity index (χ0n) is 7.93. The molecule has 1 saturated heterocycles. The van der Waals surface area contributed by atoms with Crippen molar-refractivity contribution in [3.05, 3.63) is 0 Å². The van der Waals surface area contributed by atoms with E-state index in [4.69, 9.17) is 0 Å². The van der Waals surface area contributed by atoms with Gasteiger partial charge < -0.3 is 0 Å². The van der Waals surface area contributed by atoms with Crippen molar-refractivity contribution in [2.45, 2.75) is 38.9 Å². The number of amides is 2. The Morgan fingerprint density at radius 3 is 1.83 bits per heavy atom. The number of thioether (sulfide) groups is 1. The number of carbonyl (C=O) groups excluding carboxylic acids is 2. The summed E-state index contributed by atoms with van der Waals surface area (Å²) in [7, 11) is 0. The van der Waals surface area contributed by atoms with Crippen molar-refractivity contribution >= 4 is 22.9 Å². The van der Waals surface area contributed by atoms with Crippen LogP contribution in [0, 0.1) is 0 Å². The molecule has 0 aromatic heterocycles. The fourth-order valence-electron chi connectivity index (χ4n) is 0.547. The van der Waals surface area contributed by atoms with Crippen LogP contribution in [-0.4, -0.2) is 15.9 Å². The Bertz CT molecular complexity index is 189. The van der Waals surface area contributed by atoms with Crippen LogP contribution in [0.15, 0.2) is 0 Å². The maximum atomic E-state index is 10.8. The molecule has 0 atom stereocenters. The monoisotopic (exact) mass is 189 g/mol. The minimum Gasteiger partial charge on any atom is -0.286 e. The summed E-state index contributed by atoms with van der Waals surface area (Å²) in [6.45, 7) is 7.69. The van der Waals surface area contributed by atoms with Crippen molar-refractivity contribution in [3.8, 4) is 0 Å². The maximum absolute atomic E-state index is 10.8. The third-order valence-electron chi connectivity index (χ3n) is 1.11. The van der Waals surface area contributed by atoms with Crippen LogP contribution >= 0.6 is 11.8 Å². The summed E-state index contributed by atoms with van der Waals surface area (Å²) in [5.74, 6) is -0.197. The Balaban J connectivity index is 0.000000354. The second kappa shape index (κ2) is 4.50. The summed E-state index contributed by atoms with van der Waals surface area (Å²) in [5, 5.41) is 1.95. The van der Waals surface area contributed by atoms with Gasteiger partial charge in [0.1, 0.15) is 0 Å². The van der Waals surface area contributed by atoms with Crippen LogP contribution < -0.4 is 5.32 Å². The van der Waals surface area contributed by atoms with Crippen molar-refractivity contribution in [2.75, 3.05) is 0 Å². The van der Waals surface area contributed by atoms with Gasteiger partial charge in [-0.1, -0.05) is 20.3 Å². The second-order valence-corrected chi connectivity index (χ2v) is 4.66. The average Bonchev–Trinajstić information content (AvgIpc) is 2.06. The molecule has 3 nitrogen and oxygen atoms in total. The molecule has 0 bridgehead atoms. The van der Waals surface area contributed by atoms with Crippen molar-refractivity contribution in [3.63, 3.8) is 0 Å². The van der Waals surface area contributed by atoms with Gasteiger partial charge in [-0.2, -0.15) is 0 Å². The molecule has 0 aromatic rings. The SMILES string of the molecule is CC1(C)SC(=O)NC1=O.CCC. The lowest BCUT2D eigenvalue weighted by Crippen LogP contribution is -2.30. The number of rotatable bonds is 0. The van der Waals surface area contributed by atoms with Crippen molar-refractivity contribution in [1.29, 1.82) is 0 Å². The summed E-state index contributed by atoms with van der Waals surface area (Å²) in [5.41, 5.74) is 0. The number of nitrogens with one attached hydrogen (secondary N) is 1. The zero-order chi connectivity index (χ0) is 9.78. The maximum Gasteiger partial charge on any atom is 0.286 e. The van der Waals surface area contributed by atoms with E-state index in [1.165, 1.54) is 6.42 Å². The van der Waals surface area contributed by atoms with Gasteiger partial charge >= 0.3 is 0 Å². The highest BCUT2D eigenvalue weighted by atomic mass is 32.2. The molecule has 1 fully saturated rings. The van der Waals surface area contributed by atoms with Gasteiger partial charge in [0.2, 0.25) is 5.91 Å². The van der Waals surface area contributed by atoms with E-state index in [2.05, 4.69) is 19.2 Å². The highest BCUT2D eigenvalue weighted by Crippen LogP contribution is 2.29. The smallest absolute Gasteiger partial charge is 0.286 e. The summed E-state index contributed by atoms with van der Waals surface area (Å²) in [6, 6.07) is 0. The Hall–Kier alpha value is -0.510. The predicted octanol–water partition coefficient (Wildman–Crippen LogP) is 2.16. The minimum atomic E-state index is -0.558. The molecule has 4 heteroatoms. The quantitative estimate of drug-likeness (QED) is 0.635. The van der Waals surface area contributed by atoms with Gasteiger partial charge in [-0.15, -0.1) is 0 Å². The normalized spacial score (nSPS) is 19.7. The highest BCUT2D eigenvalue weighted by Gasteiger charge is 2.39. The van der Waals surface area contributed by atoms with Crippen LogP contribution in [0.5, 0.6) is 0 Å². The van der Waals surface area contributed by atoms with Gasteiger partial charge in [-0.3, -0.25) is 14.9 Å². The van der Waals surface area contributed by atoms with Crippen LogP contribution in [0.2, 0.25) is 0 Å². The number of imide groups is 1. The topological polar surface area (TPSA) is 46.2 Å². The summed E-state index contributed by atoms with van der Waals surface area (Å²) in [4.78, 5) is 21.3. The fourth-order valence-corrected chi connectivity index (χ4v) is 1.30. The molecule has 0 aromatic carbocycles. The van der Waals surface area contributed by atoms with Gasteiger partial charge in [0.15, 0.2) is 0 Å². The minimum absolute atomic E-state index is 0.197. The summed E-state index contributed by atoms with van der Waals surface area (Å²) in [6.07, 6.45) is 1.25. The van der Waals surface area contributed by atoms with Crippen LogP contribution in [-0.2, 0) is 4.79 Å². The first-order valence-electron chi connectivity index (χ1n) is 3.98. The number of hydrogen-bond donors (Lipinski definition) is 1. The molecule has 0 saturated carbocycles. The standard InChI is InChI=1S/C5H7NO2S.C3H8/c1-5(2)3(7)6-4(8)9-5;1-3-2/h1-2H3,(H,6,7,8);3H2,1-2H3. The van der Waals surface area contributed by atoms with Gasteiger partial charge in [0.25, 0.3) is 5.24 Å². The van der Waals surface area contributed by atoms with E-state index in [0.717, 1.165) is 11.8 Å². The molecule has 0 unspecified atom stereocenters. The molecule has 1 aliphatic rings. The number of hydrogen-bond acceptors (Lipinski definition) is 3. The van der Waals surface area contributed by atoms with Crippen LogP contribution in [0.3, 0.4) is 0 Å². The first-order valence-corrected chi connectivity index (χ1v) is 4.80. The van der Waals surface area contributed by atoms with Crippen molar-refractivity contribution in [1.82, 2.24) is 5.32 Å². The highest BCUT2D eigenvalue weighted by molar-refractivity contribution is 8.16. The lowest BCUT2D eigenvalue weighted by atomic mass is 10.2. The molecule has 1 aliphatic heterocycles. The molecular weight excluding hydrogens is 174 g/mol. The molecule has 0 aliphatic carbocycles. The van der Waals surface area contributed by atoms with Crippen LogP contribution in [0.1, 0.15) is 34.1 Å². The predicted molar refractivity (Wildman–Crippen MR) is 51.2 cm³/mol. The zero-order valence-corrected chi connectivity index (χ0v) is 8.75. The first kappa shape index (κ1) is 11.5. The fraction of sp³-hybridized carbons (Fsp3) is 0.750. The van der Waals surface area contributed by atoms with E-state index in [1.54, 1.807) is 13.8 Å². The summed E-state index contributed by atoms with van der Waals surface area (Å²) < 4.78 is -0.558. The van der Waals surface area contributed by atoms with Crippen LogP contribution in [0.25, 0.3) is 0 Å². The molecule has 12 heavy (non-hydrogen) atoms. The van der Waals surface area contributed by atoms with E-state index in [-0.39, 0.29) is 11.1 Å². The Labute approximate surface area is 77.3 Å². The lowest BCUT2D eigenvalue weighted by Gasteiger charge is -2.07. The van der Waals surface area contributed by atoms with Crippen molar-refractivity contribution < 1.29 is 9.59 Å². The van der Waals surface area contributed by atoms with Crippen molar-refractivity contribution in [2.24, 2.45) is 0 Å². The molecule has 0 spiro atoms. The van der Waals surface area contributed by atoms with Gasteiger partial charge in [0, 0.05) is 0 Å². The van der Waals surface area contributed by atoms with Gasteiger partial charge in [-0.05, 0) is 25.6 Å².